The molecule has 2 aromatic rings. The number of carboxylic acids is 1. The number of nitrogens with one attached hydrogen (secondary N) is 2. The zero-order chi connectivity index (χ0) is 31.8. The summed E-state index contributed by atoms with van der Waals surface area (Å²) >= 11 is 0. The van der Waals surface area contributed by atoms with Crippen LogP contribution in [0.5, 0.6) is 0 Å². The van der Waals surface area contributed by atoms with Crippen molar-refractivity contribution in [2.45, 2.75) is 62.7 Å². The predicted octanol–water partition coefficient (Wildman–Crippen LogP) is 3.66. The van der Waals surface area contributed by atoms with Crippen molar-refractivity contribution in [2.75, 3.05) is 18.5 Å². The van der Waals surface area contributed by atoms with Crippen molar-refractivity contribution in [3.8, 4) is 0 Å². The third kappa shape index (κ3) is 8.76. The molecule has 0 spiro atoms. The minimum atomic E-state index is -1.08. The van der Waals surface area contributed by atoms with Crippen molar-refractivity contribution in [2.24, 2.45) is 0 Å². The average Bonchev–Trinajstić information content (AvgIpc) is 3.31. The highest BCUT2D eigenvalue weighted by atomic mass is 33.1. The van der Waals surface area contributed by atoms with E-state index in [1.165, 1.54) is 31.4 Å². The molecule has 0 aromatic heterocycles. The fourth-order valence-corrected chi connectivity index (χ4v) is 7.09. The SMILES string of the molecule is C[C@@H](COC(=O)Nc1cccc2c1CN(C1CCC(=O)NC1=O)C2=O)SS[C@@H](C)CC(=O)N(CC(=O)O)Cc1ccccc1. The Morgan fingerprint density at radius 1 is 1.07 bits per heavy atom. The van der Waals surface area contributed by atoms with Crippen LogP contribution in [0, 0.1) is 0 Å². The van der Waals surface area contributed by atoms with Crippen LogP contribution in [0.15, 0.2) is 48.5 Å². The monoisotopic (exact) mass is 642 g/mol. The Bertz CT molecular complexity index is 1420. The van der Waals surface area contributed by atoms with Crippen molar-refractivity contribution in [3.05, 3.63) is 65.2 Å². The summed E-state index contributed by atoms with van der Waals surface area (Å²) in [5, 5.41) is 14.0. The topological polar surface area (TPSA) is 162 Å². The number of fused-ring (bicyclic) bond motifs is 1. The van der Waals surface area contributed by atoms with Gasteiger partial charge in [0.2, 0.25) is 17.7 Å². The largest absolute Gasteiger partial charge is 0.480 e. The molecule has 4 rings (SSSR count). The Balaban J connectivity index is 1.23. The van der Waals surface area contributed by atoms with Gasteiger partial charge in [-0.05, 0) is 31.0 Å². The second-order valence-corrected chi connectivity index (χ2v) is 13.8. The number of nitrogens with zero attached hydrogens (tertiary/aromatic N) is 2. The van der Waals surface area contributed by atoms with Gasteiger partial charge < -0.3 is 19.6 Å². The van der Waals surface area contributed by atoms with Gasteiger partial charge in [-0.1, -0.05) is 64.9 Å². The summed E-state index contributed by atoms with van der Waals surface area (Å²) in [6, 6.07) is 13.4. The third-order valence-electron chi connectivity index (χ3n) is 7.01. The van der Waals surface area contributed by atoms with E-state index in [4.69, 9.17) is 4.74 Å². The molecule has 234 valence electrons. The number of rotatable bonds is 13. The summed E-state index contributed by atoms with van der Waals surface area (Å²) in [4.78, 5) is 76.4. The molecule has 3 N–H and O–H groups in total. The number of carbonyl (C=O) groups is 6. The standard InChI is InChI=1S/C30H34N4O8S2/c1-18(13-26(36)33(16-27(37)38)14-20-7-4-3-5-8-20)43-44-19(2)17-42-30(41)31-23-10-6-9-21-22(23)15-34(29(21)40)24-11-12-25(35)32-28(24)39/h3-10,18-19,24H,11-17H2,1-2H3,(H,31,41)(H,37,38)(H,32,35,39)/t18-,19-,24?/m0/s1. The Hall–Kier alpha value is -4.04. The average molecular weight is 643 g/mol. The maximum atomic E-state index is 13.0. The minimum Gasteiger partial charge on any atom is -0.480 e. The van der Waals surface area contributed by atoms with E-state index in [9.17, 15) is 33.9 Å². The molecular weight excluding hydrogens is 608 g/mol. The van der Waals surface area contributed by atoms with Crippen molar-refractivity contribution in [1.29, 1.82) is 0 Å². The number of piperidine rings is 1. The maximum absolute atomic E-state index is 13.0. The second kappa shape index (κ2) is 15.1. The van der Waals surface area contributed by atoms with Crippen LogP contribution >= 0.6 is 21.6 Å². The van der Waals surface area contributed by atoms with Crippen LogP contribution in [-0.2, 0) is 37.0 Å². The number of imide groups is 1. The highest BCUT2D eigenvalue weighted by Crippen LogP contribution is 2.34. The Morgan fingerprint density at radius 3 is 2.50 bits per heavy atom. The molecule has 1 saturated heterocycles. The van der Waals surface area contributed by atoms with Gasteiger partial charge in [0.15, 0.2) is 0 Å². The van der Waals surface area contributed by atoms with E-state index >= 15 is 0 Å². The van der Waals surface area contributed by atoms with E-state index in [2.05, 4.69) is 10.6 Å². The first kappa shape index (κ1) is 32.9. The molecule has 0 bridgehead atoms. The van der Waals surface area contributed by atoms with Gasteiger partial charge in [0.25, 0.3) is 5.91 Å². The first-order valence-electron chi connectivity index (χ1n) is 14.1. The first-order valence-corrected chi connectivity index (χ1v) is 16.4. The number of aliphatic carboxylic acids is 1. The fraction of sp³-hybridized carbons (Fsp3) is 0.400. The fourth-order valence-electron chi connectivity index (χ4n) is 4.87. The van der Waals surface area contributed by atoms with Gasteiger partial charge in [-0.2, -0.15) is 0 Å². The lowest BCUT2D eigenvalue weighted by Crippen LogP contribution is -2.52. The molecule has 2 aliphatic rings. The first-order chi connectivity index (χ1) is 21.0. The molecule has 44 heavy (non-hydrogen) atoms. The number of amides is 5. The summed E-state index contributed by atoms with van der Waals surface area (Å²) in [7, 11) is 2.91. The van der Waals surface area contributed by atoms with Gasteiger partial charge in [-0.3, -0.25) is 34.6 Å². The van der Waals surface area contributed by atoms with E-state index in [0.717, 1.165) is 5.56 Å². The number of carboxylic acid groups (broad SMARTS) is 1. The quantitative estimate of drug-likeness (QED) is 0.217. The molecule has 1 fully saturated rings. The van der Waals surface area contributed by atoms with E-state index < -0.39 is 24.0 Å². The number of ether oxygens (including phenoxy) is 1. The molecule has 0 radical (unpaired) electrons. The van der Waals surface area contributed by atoms with E-state index in [0.29, 0.717) is 16.8 Å². The van der Waals surface area contributed by atoms with Crippen LogP contribution in [-0.4, -0.2) is 80.3 Å². The lowest BCUT2D eigenvalue weighted by Gasteiger charge is -2.29. The smallest absolute Gasteiger partial charge is 0.411 e. The zero-order valence-electron chi connectivity index (χ0n) is 24.3. The highest BCUT2D eigenvalue weighted by Gasteiger charge is 2.40. The molecule has 0 aliphatic carbocycles. The lowest BCUT2D eigenvalue weighted by molar-refractivity contribution is -0.144. The van der Waals surface area contributed by atoms with Crippen molar-refractivity contribution in [1.82, 2.24) is 15.1 Å². The number of carbonyl (C=O) groups excluding carboxylic acids is 5. The summed E-state index contributed by atoms with van der Waals surface area (Å²) in [5.74, 6) is -2.55. The van der Waals surface area contributed by atoms with Gasteiger partial charge in [0, 0.05) is 53.2 Å². The molecule has 5 amide bonds. The molecule has 12 nitrogen and oxygen atoms in total. The molecule has 2 heterocycles. The van der Waals surface area contributed by atoms with Crippen LogP contribution in [0.4, 0.5) is 10.5 Å². The number of benzene rings is 2. The third-order valence-corrected chi connectivity index (χ3v) is 10.4. The molecule has 2 aromatic carbocycles. The van der Waals surface area contributed by atoms with Crippen LogP contribution in [0.1, 0.15) is 54.6 Å². The summed E-state index contributed by atoms with van der Waals surface area (Å²) < 4.78 is 5.40. The second-order valence-electron chi connectivity index (χ2n) is 10.6. The number of hydrogen-bond donors (Lipinski definition) is 3. The molecule has 2 aliphatic heterocycles. The van der Waals surface area contributed by atoms with E-state index in [1.54, 1.807) is 18.2 Å². The number of anilines is 1. The van der Waals surface area contributed by atoms with Crippen LogP contribution in [0.25, 0.3) is 0 Å². The van der Waals surface area contributed by atoms with Crippen LogP contribution < -0.4 is 10.6 Å². The van der Waals surface area contributed by atoms with E-state index in [1.807, 2.05) is 44.2 Å². The normalized spacial score (nSPS) is 17.4. The molecule has 1 unspecified atom stereocenters. The Labute approximate surface area is 262 Å². The lowest BCUT2D eigenvalue weighted by atomic mass is 10.0. The Kier molecular flexibility index (Phi) is 11.3. The molecule has 3 atom stereocenters. The predicted molar refractivity (Wildman–Crippen MR) is 166 cm³/mol. The highest BCUT2D eigenvalue weighted by molar-refractivity contribution is 8.77. The van der Waals surface area contributed by atoms with Crippen molar-refractivity contribution in [3.63, 3.8) is 0 Å². The van der Waals surface area contributed by atoms with Gasteiger partial charge in [0.1, 0.15) is 19.2 Å². The van der Waals surface area contributed by atoms with Gasteiger partial charge in [-0.15, -0.1) is 0 Å². The van der Waals surface area contributed by atoms with E-state index in [-0.39, 0.29) is 73.7 Å². The van der Waals surface area contributed by atoms with Gasteiger partial charge >= 0.3 is 12.1 Å². The summed E-state index contributed by atoms with van der Waals surface area (Å²) in [6.45, 7) is 3.79. The van der Waals surface area contributed by atoms with Crippen molar-refractivity contribution >= 4 is 63.0 Å². The molecule has 0 saturated carbocycles. The number of hydrogen-bond acceptors (Lipinski definition) is 9. The van der Waals surface area contributed by atoms with Gasteiger partial charge in [0.05, 0.1) is 0 Å². The van der Waals surface area contributed by atoms with Crippen LogP contribution in [0.2, 0.25) is 0 Å². The summed E-state index contributed by atoms with van der Waals surface area (Å²) in [5.41, 5.74) is 2.19. The molecular formula is C30H34N4O8S2. The van der Waals surface area contributed by atoms with Gasteiger partial charge in [-0.25, -0.2) is 4.79 Å². The summed E-state index contributed by atoms with van der Waals surface area (Å²) in [6.07, 6.45) is -0.158. The minimum absolute atomic E-state index is 0.0830. The van der Waals surface area contributed by atoms with Crippen molar-refractivity contribution < 1.29 is 38.6 Å². The molecule has 14 heteroatoms. The van der Waals surface area contributed by atoms with Crippen LogP contribution in [0.3, 0.4) is 0 Å². The zero-order valence-corrected chi connectivity index (χ0v) is 25.9. The Morgan fingerprint density at radius 2 is 1.80 bits per heavy atom. The maximum Gasteiger partial charge on any atom is 0.411 e.